The molecule has 22 heavy (non-hydrogen) atoms. The second-order valence-corrected chi connectivity index (χ2v) is 6.44. The van der Waals surface area contributed by atoms with Gasteiger partial charge in [-0.25, -0.2) is 4.98 Å². The molecule has 0 aliphatic carbocycles. The monoisotopic (exact) mass is 318 g/mol. The molecule has 3 rings (SSSR count). The fraction of sp³-hybridized carbons (Fsp3) is 0.375. The molecule has 6 heteroatoms. The van der Waals surface area contributed by atoms with Crippen molar-refractivity contribution in [3.05, 3.63) is 40.9 Å². The van der Waals surface area contributed by atoms with Gasteiger partial charge in [-0.3, -0.25) is 10.1 Å². The number of rotatable bonds is 5. The Kier molecular flexibility index (Phi) is 4.70. The van der Waals surface area contributed by atoms with Crippen molar-refractivity contribution < 1.29 is 14.3 Å². The molecule has 1 fully saturated rings. The molecule has 5 nitrogen and oxygen atoms in total. The highest BCUT2D eigenvalue weighted by molar-refractivity contribution is 7.15. The molecule has 1 saturated heterocycles. The highest BCUT2D eigenvalue weighted by atomic mass is 32.1. The smallest absolute Gasteiger partial charge is 0.257 e. The van der Waals surface area contributed by atoms with Crippen molar-refractivity contribution in [1.29, 1.82) is 0 Å². The summed E-state index contributed by atoms with van der Waals surface area (Å²) in [6.07, 6.45) is 4.08. The standard InChI is InChI=1S/C16H18N2O3S/c1-11-9-17-16(22-11)18-15(19)12-4-6-13(7-5-12)21-10-14-3-2-8-20-14/h4-7,9,14H,2-3,8,10H2,1H3,(H,17,18,19)/t14-/m1/s1. The van der Waals surface area contributed by atoms with E-state index >= 15 is 0 Å². The van der Waals surface area contributed by atoms with Gasteiger partial charge in [0, 0.05) is 23.2 Å². The topological polar surface area (TPSA) is 60.5 Å². The number of anilines is 1. The van der Waals surface area contributed by atoms with Crippen LogP contribution in [0.2, 0.25) is 0 Å². The minimum Gasteiger partial charge on any atom is -0.491 e. The van der Waals surface area contributed by atoms with Crippen LogP contribution in [0.25, 0.3) is 0 Å². The van der Waals surface area contributed by atoms with Crippen LogP contribution in [0.3, 0.4) is 0 Å². The predicted molar refractivity (Wildman–Crippen MR) is 85.7 cm³/mol. The summed E-state index contributed by atoms with van der Waals surface area (Å²) in [6.45, 7) is 3.33. The van der Waals surface area contributed by atoms with E-state index < -0.39 is 0 Å². The second-order valence-electron chi connectivity index (χ2n) is 5.20. The fourth-order valence-electron chi connectivity index (χ4n) is 2.25. The lowest BCUT2D eigenvalue weighted by Gasteiger charge is -2.11. The minimum absolute atomic E-state index is 0.167. The Hall–Kier alpha value is -1.92. The van der Waals surface area contributed by atoms with Crippen molar-refractivity contribution in [2.45, 2.75) is 25.9 Å². The van der Waals surface area contributed by atoms with Gasteiger partial charge in [-0.05, 0) is 44.0 Å². The molecule has 2 aromatic rings. The Balaban J connectivity index is 1.54. The van der Waals surface area contributed by atoms with Crippen LogP contribution >= 0.6 is 11.3 Å². The summed E-state index contributed by atoms with van der Waals surface area (Å²) in [7, 11) is 0. The molecule has 1 amide bonds. The molecule has 1 aromatic carbocycles. The number of nitrogens with one attached hydrogen (secondary N) is 1. The van der Waals surface area contributed by atoms with Crippen molar-refractivity contribution >= 4 is 22.4 Å². The number of carbonyl (C=O) groups excluding carboxylic acids is 1. The van der Waals surface area contributed by atoms with Gasteiger partial charge in [0.2, 0.25) is 0 Å². The molecule has 1 aliphatic rings. The number of aromatic nitrogens is 1. The Bertz CT molecular complexity index is 633. The minimum atomic E-state index is -0.167. The lowest BCUT2D eigenvalue weighted by Crippen LogP contribution is -2.16. The Labute approximate surface area is 133 Å². The first-order chi connectivity index (χ1) is 10.7. The van der Waals surface area contributed by atoms with Crippen LogP contribution in [-0.4, -0.2) is 30.2 Å². The molecule has 0 saturated carbocycles. The molecule has 0 spiro atoms. The third-order valence-corrected chi connectivity index (χ3v) is 4.25. The highest BCUT2D eigenvalue weighted by Crippen LogP contribution is 2.19. The van der Waals surface area contributed by atoms with Gasteiger partial charge in [0.25, 0.3) is 5.91 Å². The van der Waals surface area contributed by atoms with Crippen molar-refractivity contribution in [3.8, 4) is 5.75 Å². The number of thiazole rings is 1. The first-order valence-electron chi connectivity index (χ1n) is 7.29. The number of hydrogen-bond acceptors (Lipinski definition) is 5. The normalized spacial score (nSPS) is 17.4. The maximum Gasteiger partial charge on any atom is 0.257 e. The lowest BCUT2D eigenvalue weighted by atomic mass is 10.2. The van der Waals surface area contributed by atoms with E-state index in [-0.39, 0.29) is 12.0 Å². The molecular weight excluding hydrogens is 300 g/mol. The van der Waals surface area contributed by atoms with Gasteiger partial charge >= 0.3 is 0 Å². The SMILES string of the molecule is Cc1cnc(NC(=O)c2ccc(OC[C@H]3CCCO3)cc2)s1. The first-order valence-corrected chi connectivity index (χ1v) is 8.10. The van der Waals surface area contributed by atoms with Crippen molar-refractivity contribution in [3.63, 3.8) is 0 Å². The number of hydrogen-bond donors (Lipinski definition) is 1. The Morgan fingerprint density at radius 2 is 2.27 bits per heavy atom. The Morgan fingerprint density at radius 1 is 1.45 bits per heavy atom. The second kappa shape index (κ2) is 6.89. The van der Waals surface area contributed by atoms with Gasteiger partial charge in [-0.1, -0.05) is 0 Å². The first kappa shape index (κ1) is 15.0. The molecule has 1 aromatic heterocycles. The van der Waals surface area contributed by atoms with Crippen LogP contribution < -0.4 is 10.1 Å². The van der Waals surface area contributed by atoms with E-state index in [1.165, 1.54) is 11.3 Å². The van der Waals surface area contributed by atoms with Crippen LogP contribution in [0.4, 0.5) is 5.13 Å². The van der Waals surface area contributed by atoms with E-state index in [1.54, 1.807) is 30.5 Å². The van der Waals surface area contributed by atoms with E-state index in [1.807, 2.05) is 6.92 Å². The average molecular weight is 318 g/mol. The van der Waals surface area contributed by atoms with Crippen LogP contribution in [0.1, 0.15) is 28.1 Å². The zero-order valence-electron chi connectivity index (χ0n) is 12.4. The van der Waals surface area contributed by atoms with Crippen LogP contribution in [0, 0.1) is 6.92 Å². The quantitative estimate of drug-likeness (QED) is 0.919. The van der Waals surface area contributed by atoms with E-state index in [0.717, 1.165) is 30.1 Å². The highest BCUT2D eigenvalue weighted by Gasteiger charge is 2.16. The van der Waals surface area contributed by atoms with E-state index in [0.29, 0.717) is 17.3 Å². The number of benzene rings is 1. The third kappa shape index (κ3) is 3.84. The number of nitrogens with zero attached hydrogens (tertiary/aromatic N) is 1. The summed E-state index contributed by atoms with van der Waals surface area (Å²) >= 11 is 1.45. The summed E-state index contributed by atoms with van der Waals surface area (Å²) in [5.74, 6) is 0.581. The maximum atomic E-state index is 12.1. The third-order valence-electron chi connectivity index (χ3n) is 3.42. The summed E-state index contributed by atoms with van der Waals surface area (Å²) < 4.78 is 11.2. The molecule has 0 bridgehead atoms. The maximum absolute atomic E-state index is 12.1. The average Bonchev–Trinajstić information content (AvgIpc) is 3.17. The molecule has 116 valence electrons. The van der Waals surface area contributed by atoms with Gasteiger partial charge < -0.3 is 9.47 Å². The molecule has 1 atom stereocenters. The van der Waals surface area contributed by atoms with E-state index in [2.05, 4.69) is 10.3 Å². The predicted octanol–water partition coefficient (Wildman–Crippen LogP) is 3.26. The molecule has 1 N–H and O–H groups in total. The van der Waals surface area contributed by atoms with Gasteiger partial charge in [0.1, 0.15) is 12.4 Å². The summed E-state index contributed by atoms with van der Waals surface area (Å²) in [4.78, 5) is 17.3. The van der Waals surface area contributed by atoms with Gasteiger partial charge in [0.05, 0.1) is 6.10 Å². The zero-order chi connectivity index (χ0) is 15.4. The molecular formula is C16H18N2O3S. The van der Waals surface area contributed by atoms with Gasteiger partial charge in [-0.15, -0.1) is 11.3 Å². The fourth-order valence-corrected chi connectivity index (χ4v) is 2.91. The summed E-state index contributed by atoms with van der Waals surface area (Å²) in [5.41, 5.74) is 0.581. The summed E-state index contributed by atoms with van der Waals surface area (Å²) in [5, 5.41) is 3.40. The molecule has 2 heterocycles. The number of carbonyl (C=O) groups is 1. The zero-order valence-corrected chi connectivity index (χ0v) is 13.2. The number of amides is 1. The lowest BCUT2D eigenvalue weighted by molar-refractivity contribution is 0.0679. The van der Waals surface area contributed by atoms with E-state index in [4.69, 9.17) is 9.47 Å². The molecule has 0 radical (unpaired) electrons. The largest absolute Gasteiger partial charge is 0.491 e. The van der Waals surface area contributed by atoms with Gasteiger partial charge in [0.15, 0.2) is 5.13 Å². The molecule has 0 unspecified atom stereocenters. The van der Waals surface area contributed by atoms with Crippen LogP contribution in [-0.2, 0) is 4.74 Å². The summed E-state index contributed by atoms with van der Waals surface area (Å²) in [6, 6.07) is 7.11. The van der Waals surface area contributed by atoms with Crippen molar-refractivity contribution in [2.24, 2.45) is 0 Å². The van der Waals surface area contributed by atoms with Crippen LogP contribution in [0.5, 0.6) is 5.75 Å². The van der Waals surface area contributed by atoms with Crippen LogP contribution in [0.15, 0.2) is 30.5 Å². The Morgan fingerprint density at radius 3 is 2.91 bits per heavy atom. The molecule has 1 aliphatic heterocycles. The van der Waals surface area contributed by atoms with Crippen molar-refractivity contribution in [2.75, 3.05) is 18.5 Å². The van der Waals surface area contributed by atoms with E-state index in [9.17, 15) is 4.79 Å². The van der Waals surface area contributed by atoms with Gasteiger partial charge in [-0.2, -0.15) is 0 Å². The van der Waals surface area contributed by atoms with Crippen molar-refractivity contribution in [1.82, 2.24) is 4.98 Å². The number of aryl methyl sites for hydroxylation is 1. The number of ether oxygens (including phenoxy) is 2.